The first kappa shape index (κ1) is 28.2. The molecule has 5 heteroatoms. The lowest BCUT2D eigenvalue weighted by atomic mass is 10.00. The summed E-state index contributed by atoms with van der Waals surface area (Å²) in [6.45, 7) is 0. The lowest BCUT2D eigenvalue weighted by Gasteiger charge is -2.09. The summed E-state index contributed by atoms with van der Waals surface area (Å²) in [7, 11) is 0. The quantitative estimate of drug-likeness (QED) is 0.187. The minimum absolute atomic E-state index is 0.584. The molecule has 0 radical (unpaired) electrons. The lowest BCUT2D eigenvalue weighted by molar-refractivity contribution is 0.668. The second-order valence-corrected chi connectivity index (χ2v) is 12.4. The molecule has 0 aliphatic carbocycles. The van der Waals surface area contributed by atoms with Crippen LogP contribution in [0.2, 0.25) is 0 Å². The zero-order chi connectivity index (χ0) is 33.0. The molecule has 50 heavy (non-hydrogen) atoms. The Bertz CT molecular complexity index is 2850. The molecule has 3 heterocycles. The molecule has 0 atom stereocenters. The Balaban J connectivity index is 1.09. The van der Waals surface area contributed by atoms with Crippen LogP contribution in [0.1, 0.15) is 0 Å². The molecule has 0 aliphatic rings. The Morgan fingerprint density at radius 3 is 1.62 bits per heavy atom. The van der Waals surface area contributed by atoms with Crippen LogP contribution in [0.3, 0.4) is 0 Å². The molecule has 0 saturated heterocycles. The van der Waals surface area contributed by atoms with E-state index in [1.807, 2.05) is 66.7 Å². The minimum Gasteiger partial charge on any atom is -0.456 e. The van der Waals surface area contributed by atoms with Crippen LogP contribution >= 0.6 is 0 Å². The molecule has 3 aromatic heterocycles. The zero-order valence-electron chi connectivity index (χ0n) is 26.7. The van der Waals surface area contributed by atoms with Crippen molar-refractivity contribution in [2.45, 2.75) is 0 Å². The van der Waals surface area contributed by atoms with Gasteiger partial charge in [-0.25, -0.2) is 15.0 Å². The van der Waals surface area contributed by atoms with Crippen LogP contribution in [0.4, 0.5) is 0 Å². The molecule has 0 spiro atoms. The Kier molecular flexibility index (Phi) is 6.42. The molecule has 10 aromatic rings. The molecule has 0 aliphatic heterocycles. The number of furan rings is 2. The lowest BCUT2D eigenvalue weighted by Crippen LogP contribution is -2.00. The number of hydrogen-bond acceptors (Lipinski definition) is 5. The molecule has 0 unspecified atom stereocenters. The minimum atomic E-state index is 0.584. The largest absolute Gasteiger partial charge is 0.456 e. The van der Waals surface area contributed by atoms with Crippen LogP contribution in [0.5, 0.6) is 0 Å². The van der Waals surface area contributed by atoms with Crippen LogP contribution in [0.25, 0.3) is 100 Å². The average Bonchev–Trinajstić information content (AvgIpc) is 3.76. The van der Waals surface area contributed by atoms with Gasteiger partial charge in [-0.15, -0.1) is 0 Å². The molecular formula is C45H27N3O2. The van der Waals surface area contributed by atoms with Crippen LogP contribution in [-0.2, 0) is 0 Å². The van der Waals surface area contributed by atoms with Crippen LogP contribution in [0.15, 0.2) is 173 Å². The van der Waals surface area contributed by atoms with Gasteiger partial charge in [-0.3, -0.25) is 0 Å². The number of fused-ring (bicyclic) bond motifs is 6. The highest BCUT2D eigenvalue weighted by Crippen LogP contribution is 2.39. The maximum atomic E-state index is 6.67. The van der Waals surface area contributed by atoms with Gasteiger partial charge >= 0.3 is 0 Å². The first-order chi connectivity index (χ1) is 24.7. The topological polar surface area (TPSA) is 65.0 Å². The van der Waals surface area contributed by atoms with Crippen molar-refractivity contribution >= 4 is 43.9 Å². The first-order valence-electron chi connectivity index (χ1n) is 16.6. The van der Waals surface area contributed by atoms with E-state index in [-0.39, 0.29) is 0 Å². The number of benzene rings is 7. The fraction of sp³-hybridized carbons (Fsp3) is 0. The first-order valence-corrected chi connectivity index (χ1v) is 16.6. The number of aromatic nitrogens is 3. The standard InChI is InChI=1S/C45H27N3O2/c1-3-10-28(11-4-1)29-18-20-31(21-19-29)44-46-43(30-12-5-2-6-13-30)47-45(48-44)33-22-24-36-37-16-9-15-34(42(37)50-41(36)27-33)32-23-25-40-38(26-32)35-14-7-8-17-39(35)49-40/h1-27H. The van der Waals surface area contributed by atoms with E-state index >= 15 is 0 Å². The Hall–Kier alpha value is -6.85. The van der Waals surface area contributed by atoms with Gasteiger partial charge in [0, 0.05) is 43.8 Å². The van der Waals surface area contributed by atoms with Crippen molar-refractivity contribution in [2.24, 2.45) is 0 Å². The maximum Gasteiger partial charge on any atom is 0.164 e. The van der Waals surface area contributed by atoms with Crippen molar-refractivity contribution in [3.8, 4) is 56.4 Å². The SMILES string of the molecule is c1ccc(-c2ccc(-c3nc(-c4ccccc4)nc(-c4ccc5c(c4)oc4c(-c6ccc7oc8ccccc8c7c6)cccc45)n3)cc2)cc1. The van der Waals surface area contributed by atoms with E-state index in [1.54, 1.807) is 0 Å². The van der Waals surface area contributed by atoms with E-state index in [4.69, 9.17) is 23.8 Å². The Morgan fingerprint density at radius 2 is 0.840 bits per heavy atom. The molecule has 0 amide bonds. The number of rotatable bonds is 5. The third-order valence-corrected chi connectivity index (χ3v) is 9.36. The number of nitrogens with zero attached hydrogens (tertiary/aromatic N) is 3. The smallest absolute Gasteiger partial charge is 0.164 e. The molecule has 0 N–H and O–H groups in total. The van der Waals surface area contributed by atoms with Crippen LogP contribution in [0, 0.1) is 0 Å². The van der Waals surface area contributed by atoms with Crippen LogP contribution in [-0.4, -0.2) is 15.0 Å². The second kappa shape index (κ2) is 11.4. The fourth-order valence-corrected chi connectivity index (χ4v) is 6.85. The van der Waals surface area contributed by atoms with Gasteiger partial charge in [-0.2, -0.15) is 0 Å². The predicted octanol–water partition coefficient (Wildman–Crippen LogP) is 12.0. The van der Waals surface area contributed by atoms with E-state index in [0.717, 1.165) is 82.8 Å². The molecule has 0 fully saturated rings. The molecule has 0 saturated carbocycles. The van der Waals surface area contributed by atoms with Gasteiger partial charge in [-0.1, -0.05) is 133 Å². The highest BCUT2D eigenvalue weighted by molar-refractivity contribution is 6.12. The summed E-state index contributed by atoms with van der Waals surface area (Å²) in [5, 5.41) is 4.28. The summed E-state index contributed by atoms with van der Waals surface area (Å²) in [6, 6.07) is 55.8. The average molecular weight is 642 g/mol. The van der Waals surface area contributed by atoms with E-state index in [0.29, 0.717) is 17.5 Å². The second-order valence-electron chi connectivity index (χ2n) is 12.4. The normalized spacial score (nSPS) is 11.6. The van der Waals surface area contributed by atoms with Crippen molar-refractivity contribution < 1.29 is 8.83 Å². The molecule has 10 rings (SSSR count). The van der Waals surface area contributed by atoms with Gasteiger partial charge < -0.3 is 8.83 Å². The van der Waals surface area contributed by atoms with Gasteiger partial charge in [0.15, 0.2) is 17.5 Å². The van der Waals surface area contributed by atoms with Crippen molar-refractivity contribution in [3.05, 3.63) is 164 Å². The number of hydrogen-bond donors (Lipinski definition) is 0. The highest BCUT2D eigenvalue weighted by atomic mass is 16.3. The molecule has 0 bridgehead atoms. The Morgan fingerprint density at radius 1 is 0.300 bits per heavy atom. The van der Waals surface area contributed by atoms with Gasteiger partial charge in [0.1, 0.15) is 22.3 Å². The monoisotopic (exact) mass is 641 g/mol. The van der Waals surface area contributed by atoms with E-state index in [1.165, 1.54) is 0 Å². The summed E-state index contributed by atoms with van der Waals surface area (Å²) in [6.07, 6.45) is 0. The van der Waals surface area contributed by atoms with Crippen molar-refractivity contribution in [3.63, 3.8) is 0 Å². The maximum absolute atomic E-state index is 6.67. The van der Waals surface area contributed by atoms with Crippen molar-refractivity contribution in [2.75, 3.05) is 0 Å². The van der Waals surface area contributed by atoms with Gasteiger partial charge in [0.25, 0.3) is 0 Å². The molecule has 234 valence electrons. The predicted molar refractivity (Wildman–Crippen MR) is 202 cm³/mol. The molecule has 7 aromatic carbocycles. The van der Waals surface area contributed by atoms with E-state index in [9.17, 15) is 0 Å². The number of para-hydroxylation sites is 2. The van der Waals surface area contributed by atoms with Crippen molar-refractivity contribution in [1.29, 1.82) is 0 Å². The third-order valence-electron chi connectivity index (χ3n) is 9.36. The molecular weight excluding hydrogens is 615 g/mol. The summed E-state index contributed by atoms with van der Waals surface area (Å²) < 4.78 is 12.8. The summed E-state index contributed by atoms with van der Waals surface area (Å²) in [5.41, 5.74) is 10.5. The Labute approximate surface area is 287 Å². The summed E-state index contributed by atoms with van der Waals surface area (Å²) in [5.74, 6) is 1.82. The summed E-state index contributed by atoms with van der Waals surface area (Å²) in [4.78, 5) is 14.9. The highest BCUT2D eigenvalue weighted by Gasteiger charge is 2.17. The third kappa shape index (κ3) is 4.75. The van der Waals surface area contributed by atoms with Crippen molar-refractivity contribution in [1.82, 2.24) is 15.0 Å². The summed E-state index contributed by atoms with van der Waals surface area (Å²) >= 11 is 0. The van der Waals surface area contributed by atoms with Gasteiger partial charge in [0.2, 0.25) is 0 Å². The van der Waals surface area contributed by atoms with Gasteiger partial charge in [-0.05, 0) is 47.0 Å². The molecule has 5 nitrogen and oxygen atoms in total. The van der Waals surface area contributed by atoms with Crippen LogP contribution < -0.4 is 0 Å². The zero-order valence-corrected chi connectivity index (χ0v) is 26.7. The fourth-order valence-electron chi connectivity index (χ4n) is 6.85. The van der Waals surface area contributed by atoms with Gasteiger partial charge in [0.05, 0.1) is 0 Å². The van der Waals surface area contributed by atoms with E-state index in [2.05, 4.69) is 97.1 Å². The van der Waals surface area contributed by atoms with E-state index < -0.39 is 0 Å².